The number of benzene rings is 2. The van der Waals surface area contributed by atoms with E-state index in [1.54, 1.807) is 13.1 Å². The van der Waals surface area contributed by atoms with Gasteiger partial charge in [-0.25, -0.2) is 0 Å². The van der Waals surface area contributed by atoms with Gasteiger partial charge in [-0.1, -0.05) is 54.6 Å². The first-order valence-electron chi connectivity index (χ1n) is 12.3. The zero-order valence-electron chi connectivity index (χ0n) is 20.5. The van der Waals surface area contributed by atoms with Gasteiger partial charge in [-0.3, -0.25) is 14.6 Å². The highest BCUT2D eigenvalue weighted by molar-refractivity contribution is 5.93. The summed E-state index contributed by atoms with van der Waals surface area (Å²) >= 11 is 0. The Morgan fingerprint density at radius 2 is 1.69 bits per heavy atom. The van der Waals surface area contributed by atoms with Crippen LogP contribution in [0, 0.1) is 5.92 Å². The van der Waals surface area contributed by atoms with Gasteiger partial charge in [0.05, 0.1) is 17.6 Å². The Kier molecular flexibility index (Phi) is 7.93. The topological polar surface area (TPSA) is 88.3 Å². The predicted molar refractivity (Wildman–Crippen MR) is 140 cm³/mol. The molecule has 182 valence electrons. The molecule has 1 saturated carbocycles. The van der Waals surface area contributed by atoms with E-state index in [0.717, 1.165) is 53.6 Å². The molecule has 6 nitrogen and oxygen atoms in total. The van der Waals surface area contributed by atoms with Crippen molar-refractivity contribution in [1.82, 2.24) is 9.88 Å². The molecule has 0 spiro atoms. The van der Waals surface area contributed by atoms with Gasteiger partial charge in [-0.05, 0) is 48.8 Å². The molecule has 4 rings (SSSR count). The number of aromatic nitrogens is 1. The van der Waals surface area contributed by atoms with Gasteiger partial charge in [0.25, 0.3) is 0 Å². The summed E-state index contributed by atoms with van der Waals surface area (Å²) in [6, 6.07) is 20.5. The van der Waals surface area contributed by atoms with Gasteiger partial charge in [0.1, 0.15) is 0 Å². The van der Waals surface area contributed by atoms with Crippen LogP contribution in [0.3, 0.4) is 0 Å². The van der Waals surface area contributed by atoms with Crippen molar-refractivity contribution in [3.63, 3.8) is 0 Å². The number of hydrogen-bond donors (Lipinski definition) is 2. The Labute approximate surface area is 207 Å². The second-order valence-corrected chi connectivity index (χ2v) is 9.44. The quantitative estimate of drug-likeness (QED) is 0.494. The van der Waals surface area contributed by atoms with Crippen LogP contribution < -0.4 is 11.1 Å². The number of nitrogens with two attached hydrogens (primary N) is 1. The molecule has 3 N–H and O–H groups in total. The molecule has 2 amide bonds. The lowest BCUT2D eigenvalue weighted by molar-refractivity contribution is -0.130. The molecule has 1 aliphatic carbocycles. The molecule has 1 aliphatic rings. The molecular weight excluding hydrogens is 436 g/mol. The molecule has 2 aromatic carbocycles. The third kappa shape index (κ3) is 6.14. The van der Waals surface area contributed by atoms with Crippen molar-refractivity contribution in [2.24, 2.45) is 11.7 Å². The summed E-state index contributed by atoms with van der Waals surface area (Å²) in [7, 11) is 1.87. The van der Waals surface area contributed by atoms with E-state index >= 15 is 0 Å². The van der Waals surface area contributed by atoms with Gasteiger partial charge in [-0.2, -0.15) is 0 Å². The Hall–Kier alpha value is -3.51. The molecule has 3 aromatic rings. The van der Waals surface area contributed by atoms with Crippen LogP contribution in [0.15, 0.2) is 66.9 Å². The monoisotopic (exact) mass is 470 g/mol. The minimum absolute atomic E-state index is 0.00855. The molecule has 1 heterocycles. The second-order valence-electron chi connectivity index (χ2n) is 9.44. The van der Waals surface area contributed by atoms with Crippen LogP contribution in [0.2, 0.25) is 0 Å². The highest BCUT2D eigenvalue weighted by Crippen LogP contribution is 2.33. The van der Waals surface area contributed by atoms with E-state index < -0.39 is 0 Å². The minimum atomic E-state index is 0.00855. The van der Waals surface area contributed by atoms with Gasteiger partial charge < -0.3 is 16.0 Å². The summed E-state index contributed by atoms with van der Waals surface area (Å²) in [6.45, 7) is 2.11. The second kappa shape index (κ2) is 11.3. The Morgan fingerprint density at radius 3 is 2.31 bits per heavy atom. The molecule has 0 atom stereocenters. The largest absolute Gasteiger partial charge is 0.343 e. The third-order valence-corrected chi connectivity index (χ3v) is 7.05. The van der Waals surface area contributed by atoms with Gasteiger partial charge in [0.15, 0.2) is 0 Å². The van der Waals surface area contributed by atoms with Crippen molar-refractivity contribution in [2.45, 2.75) is 51.6 Å². The number of amides is 2. The van der Waals surface area contributed by atoms with E-state index in [-0.39, 0.29) is 17.9 Å². The average Bonchev–Trinajstić information content (AvgIpc) is 2.89. The Bertz CT molecular complexity index is 1150. The molecule has 0 saturated heterocycles. The van der Waals surface area contributed by atoms with Crippen molar-refractivity contribution in [3.05, 3.63) is 72.4 Å². The number of nitrogens with one attached hydrogen (secondary N) is 1. The lowest BCUT2D eigenvalue weighted by atomic mass is 9.83. The van der Waals surface area contributed by atoms with Crippen molar-refractivity contribution < 1.29 is 9.59 Å². The maximum absolute atomic E-state index is 12.9. The van der Waals surface area contributed by atoms with Crippen molar-refractivity contribution in [2.75, 3.05) is 12.4 Å². The van der Waals surface area contributed by atoms with Crippen LogP contribution in [-0.2, 0) is 16.1 Å². The van der Waals surface area contributed by atoms with Crippen LogP contribution in [0.1, 0.15) is 44.6 Å². The zero-order chi connectivity index (χ0) is 24.8. The first-order valence-corrected chi connectivity index (χ1v) is 12.3. The fourth-order valence-electron chi connectivity index (χ4n) is 4.87. The summed E-state index contributed by atoms with van der Waals surface area (Å²) < 4.78 is 0. The van der Waals surface area contributed by atoms with Crippen LogP contribution in [-0.4, -0.2) is 34.8 Å². The number of nitrogens with zero attached hydrogens (tertiary/aromatic N) is 2. The molecule has 0 bridgehead atoms. The summed E-state index contributed by atoms with van der Waals surface area (Å²) in [5.74, 6) is 0.453. The highest BCUT2D eigenvalue weighted by Gasteiger charge is 2.26. The van der Waals surface area contributed by atoms with E-state index in [9.17, 15) is 9.59 Å². The van der Waals surface area contributed by atoms with E-state index in [0.29, 0.717) is 24.6 Å². The standard InChI is InChI=1S/C29H34N4O2/c1-20(34)33(2)26-14-10-21(11-15-26)16-28(35)32-25-17-27(23-6-4-3-5-7-23)29(31-19-25)24-12-8-22(18-30)9-13-24/h3-9,12-13,17,19,21,26H,10-11,14-16,18,30H2,1-2H3,(H,32,35). The number of carbonyl (C=O) groups excluding carboxylic acids is 2. The van der Waals surface area contributed by atoms with Crippen molar-refractivity contribution in [3.8, 4) is 22.4 Å². The summed E-state index contributed by atoms with van der Waals surface area (Å²) in [5, 5.41) is 3.07. The maximum atomic E-state index is 12.9. The molecule has 6 heteroatoms. The lowest BCUT2D eigenvalue weighted by Crippen LogP contribution is -2.38. The lowest BCUT2D eigenvalue weighted by Gasteiger charge is -2.34. The number of anilines is 1. The summed E-state index contributed by atoms with van der Waals surface area (Å²) in [4.78, 5) is 31.1. The molecule has 35 heavy (non-hydrogen) atoms. The number of rotatable bonds is 7. The molecule has 1 aromatic heterocycles. The molecule has 0 unspecified atom stereocenters. The van der Waals surface area contributed by atoms with Crippen LogP contribution in [0.4, 0.5) is 5.69 Å². The fraction of sp³-hybridized carbons (Fsp3) is 0.345. The molecule has 0 radical (unpaired) electrons. The zero-order valence-corrected chi connectivity index (χ0v) is 20.5. The maximum Gasteiger partial charge on any atom is 0.224 e. The first-order chi connectivity index (χ1) is 16.9. The van der Waals surface area contributed by atoms with Crippen molar-refractivity contribution in [1.29, 1.82) is 0 Å². The van der Waals surface area contributed by atoms with Crippen molar-refractivity contribution >= 4 is 17.5 Å². The predicted octanol–water partition coefficient (Wildman–Crippen LogP) is 5.24. The average molecular weight is 471 g/mol. The van der Waals surface area contributed by atoms with Crippen LogP contribution in [0.5, 0.6) is 0 Å². The smallest absolute Gasteiger partial charge is 0.224 e. The molecule has 1 fully saturated rings. The number of carbonyl (C=O) groups is 2. The van der Waals surface area contributed by atoms with E-state index in [1.165, 1.54) is 0 Å². The Balaban J connectivity index is 1.47. The van der Waals surface area contributed by atoms with Gasteiger partial charge >= 0.3 is 0 Å². The summed E-state index contributed by atoms with van der Waals surface area (Å²) in [6.07, 6.45) is 6.04. The third-order valence-electron chi connectivity index (χ3n) is 7.05. The Morgan fingerprint density at radius 1 is 1.00 bits per heavy atom. The normalized spacial score (nSPS) is 17.6. The van der Waals surface area contributed by atoms with E-state index in [1.807, 2.05) is 60.5 Å². The minimum Gasteiger partial charge on any atom is -0.343 e. The number of pyridine rings is 1. The summed E-state index contributed by atoms with van der Waals surface area (Å²) in [5.41, 5.74) is 11.4. The van der Waals surface area contributed by atoms with Crippen LogP contribution in [0.25, 0.3) is 22.4 Å². The number of hydrogen-bond acceptors (Lipinski definition) is 4. The SMILES string of the molecule is CC(=O)N(C)C1CCC(CC(=O)Nc2cnc(-c3ccc(CN)cc3)c(-c3ccccc3)c2)CC1. The highest BCUT2D eigenvalue weighted by atomic mass is 16.2. The first kappa shape index (κ1) is 24.6. The van der Waals surface area contributed by atoms with Gasteiger partial charge in [0, 0.05) is 44.1 Å². The van der Waals surface area contributed by atoms with E-state index in [2.05, 4.69) is 17.4 Å². The van der Waals surface area contributed by atoms with E-state index in [4.69, 9.17) is 10.7 Å². The molecular formula is C29H34N4O2. The fourth-order valence-corrected chi connectivity index (χ4v) is 4.87. The molecule has 0 aliphatic heterocycles. The van der Waals surface area contributed by atoms with Crippen LogP contribution >= 0.6 is 0 Å². The van der Waals surface area contributed by atoms with Gasteiger partial charge in [-0.15, -0.1) is 0 Å². The van der Waals surface area contributed by atoms with Gasteiger partial charge in [0.2, 0.25) is 11.8 Å².